The Bertz CT molecular complexity index is 1090. The first-order chi connectivity index (χ1) is 15.6. The molecule has 4 rings (SSSR count). The third-order valence-corrected chi connectivity index (χ3v) is 4.81. The molecule has 0 aliphatic carbocycles. The standard InChI is InChI=1S/C25H22O7/c1-17(27)32-25(20-8-10-22-24(12-20)31-16-30-22)15-29-21-9-7-19(13-26)11-23(21)28-14-18-5-3-2-4-6-18/h2-13,25H,14-16H2,1H3/t25-/m1/s1. The van der Waals surface area contributed by atoms with Gasteiger partial charge in [-0.1, -0.05) is 36.4 Å². The van der Waals surface area contributed by atoms with Crippen LogP contribution in [0.3, 0.4) is 0 Å². The van der Waals surface area contributed by atoms with Crippen LogP contribution in [0, 0.1) is 0 Å². The van der Waals surface area contributed by atoms with Crippen LogP contribution < -0.4 is 18.9 Å². The quantitative estimate of drug-likeness (QED) is 0.363. The van der Waals surface area contributed by atoms with Gasteiger partial charge in [-0.15, -0.1) is 0 Å². The van der Waals surface area contributed by atoms with E-state index in [1.165, 1.54) is 6.92 Å². The van der Waals surface area contributed by atoms with E-state index in [2.05, 4.69) is 0 Å². The summed E-state index contributed by atoms with van der Waals surface area (Å²) in [6.07, 6.45) is 0.0719. The van der Waals surface area contributed by atoms with Gasteiger partial charge in [-0.2, -0.15) is 0 Å². The van der Waals surface area contributed by atoms with Gasteiger partial charge in [0.05, 0.1) is 0 Å². The molecule has 0 bridgehead atoms. The van der Waals surface area contributed by atoms with Crippen LogP contribution in [0.15, 0.2) is 66.7 Å². The number of benzene rings is 3. The molecule has 0 unspecified atom stereocenters. The van der Waals surface area contributed by atoms with Crippen molar-refractivity contribution in [1.82, 2.24) is 0 Å². The fourth-order valence-corrected chi connectivity index (χ4v) is 3.24. The van der Waals surface area contributed by atoms with Crippen LogP contribution in [0.1, 0.15) is 34.5 Å². The minimum atomic E-state index is -0.672. The van der Waals surface area contributed by atoms with Crippen molar-refractivity contribution in [1.29, 1.82) is 0 Å². The first kappa shape index (κ1) is 21.2. The average molecular weight is 434 g/mol. The van der Waals surface area contributed by atoms with E-state index in [0.29, 0.717) is 40.7 Å². The van der Waals surface area contributed by atoms with Crippen molar-refractivity contribution in [3.63, 3.8) is 0 Å². The maximum Gasteiger partial charge on any atom is 0.303 e. The summed E-state index contributed by atoms with van der Waals surface area (Å²) in [5.41, 5.74) is 2.15. The van der Waals surface area contributed by atoms with E-state index < -0.39 is 12.1 Å². The van der Waals surface area contributed by atoms with Crippen molar-refractivity contribution < 1.29 is 33.3 Å². The summed E-state index contributed by atoms with van der Waals surface area (Å²) in [5, 5.41) is 0. The number of hydrogen-bond donors (Lipinski definition) is 0. The van der Waals surface area contributed by atoms with Crippen molar-refractivity contribution in [2.75, 3.05) is 13.4 Å². The second-order valence-electron chi connectivity index (χ2n) is 7.12. The highest BCUT2D eigenvalue weighted by Gasteiger charge is 2.21. The van der Waals surface area contributed by atoms with E-state index in [-0.39, 0.29) is 13.4 Å². The summed E-state index contributed by atoms with van der Waals surface area (Å²) in [5.74, 6) is 1.64. The Labute approximate surface area is 185 Å². The first-order valence-electron chi connectivity index (χ1n) is 10.1. The van der Waals surface area contributed by atoms with Crippen LogP contribution in [0.2, 0.25) is 0 Å². The number of hydrogen-bond acceptors (Lipinski definition) is 7. The molecule has 0 saturated carbocycles. The monoisotopic (exact) mass is 434 g/mol. The van der Waals surface area contributed by atoms with Crippen LogP contribution in [0.5, 0.6) is 23.0 Å². The van der Waals surface area contributed by atoms with Gasteiger partial charge in [0.15, 0.2) is 29.1 Å². The topological polar surface area (TPSA) is 80.3 Å². The minimum absolute atomic E-state index is 0.0430. The molecule has 32 heavy (non-hydrogen) atoms. The van der Waals surface area contributed by atoms with Gasteiger partial charge in [-0.25, -0.2) is 0 Å². The van der Waals surface area contributed by atoms with E-state index in [0.717, 1.165) is 11.8 Å². The van der Waals surface area contributed by atoms with Gasteiger partial charge in [0, 0.05) is 12.5 Å². The summed E-state index contributed by atoms with van der Waals surface area (Å²) in [4.78, 5) is 22.9. The van der Waals surface area contributed by atoms with Gasteiger partial charge in [0.1, 0.15) is 19.5 Å². The molecular formula is C25H22O7. The molecular weight excluding hydrogens is 412 g/mol. The molecule has 7 nitrogen and oxygen atoms in total. The highest BCUT2D eigenvalue weighted by Crippen LogP contribution is 2.36. The van der Waals surface area contributed by atoms with Crippen molar-refractivity contribution >= 4 is 12.3 Å². The molecule has 0 amide bonds. The van der Waals surface area contributed by atoms with Crippen LogP contribution in [-0.2, 0) is 16.1 Å². The van der Waals surface area contributed by atoms with Crippen molar-refractivity contribution in [3.8, 4) is 23.0 Å². The number of carbonyl (C=O) groups excluding carboxylic acids is 2. The number of esters is 1. The van der Waals surface area contributed by atoms with Gasteiger partial charge in [0.25, 0.3) is 0 Å². The molecule has 0 saturated heterocycles. The molecule has 1 heterocycles. The largest absolute Gasteiger partial charge is 0.485 e. The minimum Gasteiger partial charge on any atom is -0.485 e. The molecule has 1 aliphatic heterocycles. The summed E-state index contributed by atoms with van der Waals surface area (Å²) in [6, 6.07) is 19.9. The Morgan fingerprint density at radius 3 is 2.56 bits per heavy atom. The summed E-state index contributed by atoms with van der Waals surface area (Å²) in [6.45, 7) is 1.85. The van der Waals surface area contributed by atoms with Gasteiger partial charge >= 0.3 is 5.97 Å². The van der Waals surface area contributed by atoms with E-state index in [9.17, 15) is 9.59 Å². The Kier molecular flexibility index (Phi) is 6.55. The lowest BCUT2D eigenvalue weighted by atomic mass is 10.1. The molecule has 1 aliphatic rings. The molecule has 164 valence electrons. The highest BCUT2D eigenvalue weighted by molar-refractivity contribution is 5.76. The third kappa shape index (κ3) is 5.18. The summed E-state index contributed by atoms with van der Waals surface area (Å²) in [7, 11) is 0. The lowest BCUT2D eigenvalue weighted by Gasteiger charge is -2.20. The number of aldehydes is 1. The predicted molar refractivity (Wildman–Crippen MR) is 115 cm³/mol. The number of carbonyl (C=O) groups is 2. The van der Waals surface area contributed by atoms with Crippen LogP contribution in [-0.4, -0.2) is 25.7 Å². The number of ether oxygens (including phenoxy) is 5. The van der Waals surface area contributed by atoms with Crippen molar-refractivity contribution in [2.45, 2.75) is 19.6 Å². The van der Waals surface area contributed by atoms with E-state index in [1.807, 2.05) is 30.3 Å². The lowest BCUT2D eigenvalue weighted by molar-refractivity contribution is -0.148. The zero-order valence-electron chi connectivity index (χ0n) is 17.5. The molecule has 0 fully saturated rings. The van der Waals surface area contributed by atoms with Crippen molar-refractivity contribution in [2.24, 2.45) is 0 Å². The zero-order valence-corrected chi connectivity index (χ0v) is 17.5. The molecule has 3 aromatic carbocycles. The second kappa shape index (κ2) is 9.87. The van der Waals surface area contributed by atoms with Crippen LogP contribution >= 0.6 is 0 Å². The van der Waals surface area contributed by atoms with Crippen molar-refractivity contribution in [3.05, 3.63) is 83.4 Å². The Hall–Kier alpha value is -4.00. The van der Waals surface area contributed by atoms with Gasteiger partial charge in [0.2, 0.25) is 6.79 Å². The molecule has 0 radical (unpaired) electrons. The fourth-order valence-electron chi connectivity index (χ4n) is 3.24. The average Bonchev–Trinajstić information content (AvgIpc) is 3.29. The highest BCUT2D eigenvalue weighted by atomic mass is 16.7. The molecule has 0 N–H and O–H groups in total. The lowest BCUT2D eigenvalue weighted by Crippen LogP contribution is -2.17. The summed E-state index contributed by atoms with van der Waals surface area (Å²) < 4.78 is 28.1. The zero-order chi connectivity index (χ0) is 22.3. The molecule has 1 atom stereocenters. The maximum atomic E-state index is 11.7. The fraction of sp³-hybridized carbons (Fsp3) is 0.200. The predicted octanol–water partition coefficient (Wildman–Crippen LogP) is 4.49. The van der Waals surface area contributed by atoms with Gasteiger partial charge in [-0.05, 0) is 41.5 Å². The van der Waals surface area contributed by atoms with Gasteiger partial charge in [-0.3, -0.25) is 9.59 Å². The van der Waals surface area contributed by atoms with Gasteiger partial charge < -0.3 is 23.7 Å². The smallest absolute Gasteiger partial charge is 0.303 e. The third-order valence-electron chi connectivity index (χ3n) is 4.81. The van der Waals surface area contributed by atoms with E-state index in [1.54, 1.807) is 36.4 Å². The van der Waals surface area contributed by atoms with Crippen LogP contribution in [0.4, 0.5) is 0 Å². The van der Waals surface area contributed by atoms with E-state index in [4.69, 9.17) is 23.7 Å². The van der Waals surface area contributed by atoms with E-state index >= 15 is 0 Å². The summed E-state index contributed by atoms with van der Waals surface area (Å²) >= 11 is 0. The maximum absolute atomic E-state index is 11.7. The molecule has 0 spiro atoms. The SMILES string of the molecule is CC(=O)O[C@H](COc1ccc(C=O)cc1OCc1ccccc1)c1ccc2c(c1)OCO2. The Morgan fingerprint density at radius 2 is 1.78 bits per heavy atom. The first-order valence-corrected chi connectivity index (χ1v) is 10.1. The normalized spacial score (nSPS) is 12.7. The Morgan fingerprint density at radius 1 is 0.969 bits per heavy atom. The molecule has 3 aromatic rings. The van der Waals surface area contributed by atoms with Crippen LogP contribution in [0.25, 0.3) is 0 Å². The number of rotatable bonds is 9. The molecule has 0 aromatic heterocycles. The second-order valence-corrected chi connectivity index (χ2v) is 7.12. The number of fused-ring (bicyclic) bond motifs is 1. The Balaban J connectivity index is 1.52. The molecule has 7 heteroatoms.